The SMILES string of the molecule is Cc1ccc(C)c(NC(=O)COc2ccc(/C=C3\C(=O)NC(=O)N(c4cc(Cl)ccc4C)C3=O)cc2Cl)c1. The Labute approximate surface area is 229 Å². The van der Waals surface area contributed by atoms with Crippen molar-refractivity contribution in [3.05, 3.63) is 92.5 Å². The Bertz CT molecular complexity index is 1520. The number of aryl methyl sites for hydroxylation is 3. The standard InChI is InChI=1S/C28H23Cl2N3O5/c1-15-4-5-16(2)22(10-15)31-25(34)14-38-24-9-7-18(12-21(24)30)11-20-26(35)32-28(37)33(27(20)36)23-13-19(29)8-6-17(23)3/h4-13H,14H2,1-3H3,(H,31,34)(H,32,35,37)/b20-11+. The summed E-state index contributed by atoms with van der Waals surface area (Å²) in [5.41, 5.74) is 3.67. The first-order chi connectivity index (χ1) is 18.0. The van der Waals surface area contributed by atoms with Gasteiger partial charge in [0.2, 0.25) is 0 Å². The zero-order valence-electron chi connectivity index (χ0n) is 20.7. The summed E-state index contributed by atoms with van der Waals surface area (Å²) in [6, 6.07) is 14.2. The summed E-state index contributed by atoms with van der Waals surface area (Å²) in [7, 11) is 0. The fourth-order valence-electron chi connectivity index (χ4n) is 3.79. The maximum Gasteiger partial charge on any atom is 0.335 e. The fourth-order valence-corrected chi connectivity index (χ4v) is 4.20. The van der Waals surface area contributed by atoms with E-state index in [2.05, 4.69) is 10.6 Å². The number of carbonyl (C=O) groups is 4. The number of rotatable bonds is 6. The zero-order valence-corrected chi connectivity index (χ0v) is 22.2. The van der Waals surface area contributed by atoms with Crippen molar-refractivity contribution in [2.75, 3.05) is 16.8 Å². The van der Waals surface area contributed by atoms with E-state index in [0.29, 0.717) is 21.8 Å². The number of urea groups is 1. The van der Waals surface area contributed by atoms with Gasteiger partial charge in [-0.15, -0.1) is 0 Å². The summed E-state index contributed by atoms with van der Waals surface area (Å²) in [5, 5.41) is 5.48. The first-order valence-corrected chi connectivity index (χ1v) is 12.3. The molecule has 0 aliphatic carbocycles. The molecule has 0 bridgehead atoms. The number of amides is 5. The Morgan fingerprint density at radius 2 is 1.71 bits per heavy atom. The second kappa shape index (κ2) is 11.1. The monoisotopic (exact) mass is 551 g/mol. The topological polar surface area (TPSA) is 105 Å². The molecular weight excluding hydrogens is 529 g/mol. The highest BCUT2D eigenvalue weighted by Gasteiger charge is 2.37. The Balaban J connectivity index is 1.50. The van der Waals surface area contributed by atoms with Crippen LogP contribution in [0.15, 0.2) is 60.2 Å². The molecule has 3 aromatic rings. The molecule has 1 fully saturated rings. The molecule has 10 heteroatoms. The Morgan fingerprint density at radius 3 is 2.45 bits per heavy atom. The van der Waals surface area contributed by atoms with E-state index in [4.69, 9.17) is 27.9 Å². The minimum absolute atomic E-state index is 0.168. The van der Waals surface area contributed by atoms with Gasteiger partial charge in [0.15, 0.2) is 6.61 Å². The second-order valence-corrected chi connectivity index (χ2v) is 9.58. The summed E-state index contributed by atoms with van der Waals surface area (Å²) in [6.45, 7) is 5.26. The summed E-state index contributed by atoms with van der Waals surface area (Å²) in [6.07, 6.45) is 1.32. The van der Waals surface area contributed by atoms with Crippen LogP contribution in [0.25, 0.3) is 6.08 Å². The van der Waals surface area contributed by atoms with Gasteiger partial charge in [0.1, 0.15) is 11.3 Å². The quantitative estimate of drug-likeness (QED) is 0.306. The van der Waals surface area contributed by atoms with E-state index in [0.717, 1.165) is 16.0 Å². The van der Waals surface area contributed by atoms with Crippen LogP contribution in [0.4, 0.5) is 16.2 Å². The summed E-state index contributed by atoms with van der Waals surface area (Å²) < 4.78 is 5.57. The Morgan fingerprint density at radius 1 is 0.974 bits per heavy atom. The summed E-state index contributed by atoms with van der Waals surface area (Å²) >= 11 is 12.4. The van der Waals surface area contributed by atoms with Crippen LogP contribution >= 0.6 is 23.2 Å². The van der Waals surface area contributed by atoms with E-state index in [-0.39, 0.29) is 34.5 Å². The van der Waals surface area contributed by atoms with Crippen LogP contribution in [-0.4, -0.2) is 30.4 Å². The number of nitrogens with zero attached hydrogens (tertiary/aromatic N) is 1. The average Bonchev–Trinajstić information content (AvgIpc) is 2.85. The van der Waals surface area contributed by atoms with Crippen molar-refractivity contribution in [3.63, 3.8) is 0 Å². The minimum atomic E-state index is -0.872. The van der Waals surface area contributed by atoms with Gasteiger partial charge in [-0.25, -0.2) is 9.69 Å². The van der Waals surface area contributed by atoms with E-state index >= 15 is 0 Å². The Hall–Kier alpha value is -4.14. The van der Waals surface area contributed by atoms with Gasteiger partial charge in [-0.05, 0) is 79.4 Å². The van der Waals surface area contributed by atoms with Crippen molar-refractivity contribution in [2.45, 2.75) is 20.8 Å². The van der Waals surface area contributed by atoms with E-state index in [1.807, 2.05) is 32.0 Å². The molecule has 1 aliphatic heterocycles. The van der Waals surface area contributed by atoms with Crippen LogP contribution < -0.4 is 20.3 Å². The van der Waals surface area contributed by atoms with Gasteiger partial charge in [-0.3, -0.25) is 19.7 Å². The highest BCUT2D eigenvalue weighted by Crippen LogP contribution is 2.30. The molecule has 1 aliphatic rings. The lowest BCUT2D eigenvalue weighted by atomic mass is 10.1. The van der Waals surface area contributed by atoms with Crippen molar-refractivity contribution >= 4 is 64.4 Å². The van der Waals surface area contributed by atoms with Crippen LogP contribution in [0.1, 0.15) is 22.3 Å². The highest BCUT2D eigenvalue weighted by atomic mass is 35.5. The van der Waals surface area contributed by atoms with Crippen LogP contribution in [-0.2, 0) is 14.4 Å². The average molecular weight is 552 g/mol. The van der Waals surface area contributed by atoms with E-state index in [1.54, 1.807) is 25.1 Å². The van der Waals surface area contributed by atoms with Crippen molar-refractivity contribution in [1.82, 2.24) is 5.32 Å². The van der Waals surface area contributed by atoms with Gasteiger partial charge >= 0.3 is 6.03 Å². The molecule has 0 aromatic heterocycles. The number of nitrogens with one attached hydrogen (secondary N) is 2. The largest absolute Gasteiger partial charge is 0.482 e. The summed E-state index contributed by atoms with van der Waals surface area (Å²) in [5.74, 6) is -1.75. The van der Waals surface area contributed by atoms with Crippen LogP contribution in [0.2, 0.25) is 10.0 Å². The number of hydrogen-bond acceptors (Lipinski definition) is 5. The van der Waals surface area contributed by atoms with E-state index in [1.165, 1.54) is 24.3 Å². The van der Waals surface area contributed by atoms with Gasteiger partial charge < -0.3 is 10.1 Å². The molecule has 4 rings (SSSR count). The molecule has 8 nitrogen and oxygen atoms in total. The summed E-state index contributed by atoms with van der Waals surface area (Å²) in [4.78, 5) is 51.4. The third kappa shape index (κ3) is 5.88. The first-order valence-electron chi connectivity index (χ1n) is 11.5. The Kier molecular flexibility index (Phi) is 7.85. The molecule has 38 heavy (non-hydrogen) atoms. The molecule has 0 radical (unpaired) electrons. The molecule has 5 amide bonds. The van der Waals surface area contributed by atoms with Gasteiger partial charge in [0, 0.05) is 10.7 Å². The number of halogens is 2. The maximum atomic E-state index is 13.2. The van der Waals surface area contributed by atoms with Crippen molar-refractivity contribution in [2.24, 2.45) is 0 Å². The lowest BCUT2D eigenvalue weighted by Crippen LogP contribution is -2.54. The number of anilines is 2. The van der Waals surface area contributed by atoms with Crippen LogP contribution in [0, 0.1) is 20.8 Å². The van der Waals surface area contributed by atoms with Gasteiger partial charge in [-0.1, -0.05) is 47.5 Å². The first kappa shape index (κ1) is 26.9. The molecule has 0 atom stereocenters. The molecule has 1 heterocycles. The zero-order chi connectivity index (χ0) is 27.6. The maximum absolute atomic E-state index is 13.2. The lowest BCUT2D eigenvalue weighted by molar-refractivity contribution is -0.122. The minimum Gasteiger partial charge on any atom is -0.482 e. The molecule has 0 spiro atoms. The van der Waals surface area contributed by atoms with Gasteiger partial charge in [-0.2, -0.15) is 0 Å². The molecule has 194 valence electrons. The van der Waals surface area contributed by atoms with Crippen molar-refractivity contribution in [3.8, 4) is 5.75 Å². The van der Waals surface area contributed by atoms with E-state index in [9.17, 15) is 19.2 Å². The molecule has 3 aromatic carbocycles. The molecular formula is C28H23Cl2N3O5. The smallest absolute Gasteiger partial charge is 0.335 e. The molecule has 0 saturated carbocycles. The highest BCUT2D eigenvalue weighted by molar-refractivity contribution is 6.40. The molecule has 1 saturated heterocycles. The van der Waals surface area contributed by atoms with Gasteiger partial charge in [0.05, 0.1) is 10.7 Å². The van der Waals surface area contributed by atoms with Crippen molar-refractivity contribution < 1.29 is 23.9 Å². The predicted octanol–water partition coefficient (Wildman–Crippen LogP) is 5.60. The number of carbonyl (C=O) groups excluding carboxylic acids is 4. The lowest BCUT2D eigenvalue weighted by Gasteiger charge is -2.27. The predicted molar refractivity (Wildman–Crippen MR) is 147 cm³/mol. The van der Waals surface area contributed by atoms with Crippen LogP contribution in [0.5, 0.6) is 5.75 Å². The number of imide groups is 2. The third-order valence-corrected chi connectivity index (χ3v) is 6.34. The van der Waals surface area contributed by atoms with Gasteiger partial charge in [0.25, 0.3) is 17.7 Å². The van der Waals surface area contributed by atoms with Crippen LogP contribution in [0.3, 0.4) is 0 Å². The fraction of sp³-hybridized carbons (Fsp3) is 0.143. The third-order valence-electron chi connectivity index (χ3n) is 5.81. The molecule has 2 N–H and O–H groups in total. The normalized spacial score (nSPS) is 14.5. The van der Waals surface area contributed by atoms with Crippen molar-refractivity contribution in [1.29, 1.82) is 0 Å². The number of benzene rings is 3. The molecule has 0 unspecified atom stereocenters. The van der Waals surface area contributed by atoms with E-state index < -0.39 is 17.8 Å². The number of barbiturate groups is 1. The second-order valence-electron chi connectivity index (χ2n) is 8.73. The number of ether oxygens (including phenoxy) is 1. The number of hydrogen-bond donors (Lipinski definition) is 2.